The second-order valence-corrected chi connectivity index (χ2v) is 8.22. The summed E-state index contributed by atoms with van der Waals surface area (Å²) < 4.78 is 0. The molecular formula is C26H24N4O2S. The van der Waals surface area contributed by atoms with Crippen LogP contribution in [0.25, 0.3) is 11.1 Å². The molecule has 0 spiro atoms. The first-order chi connectivity index (χ1) is 16.0. The largest absolute Gasteiger partial charge is 0.465 e. The molecule has 4 rings (SSSR count). The fourth-order valence-electron chi connectivity index (χ4n) is 3.51. The molecule has 33 heavy (non-hydrogen) atoms. The molecule has 0 aliphatic carbocycles. The minimum absolute atomic E-state index is 0.341. The van der Waals surface area contributed by atoms with Crippen molar-refractivity contribution in [1.29, 1.82) is 0 Å². The van der Waals surface area contributed by atoms with E-state index in [4.69, 9.17) is 5.73 Å². The summed E-state index contributed by atoms with van der Waals surface area (Å²) in [7, 11) is 0. The molecule has 0 saturated carbocycles. The molecular weight excluding hydrogens is 432 g/mol. The smallest absolute Gasteiger partial charge is 0.411 e. The lowest BCUT2D eigenvalue weighted by Gasteiger charge is -2.22. The number of nitrogens with two attached hydrogens (primary N) is 1. The number of carboxylic acid groups (broad SMARTS) is 1. The molecule has 4 aromatic rings. The summed E-state index contributed by atoms with van der Waals surface area (Å²) in [6.07, 6.45) is -0.993. The molecule has 0 bridgehead atoms. The zero-order valence-corrected chi connectivity index (χ0v) is 18.9. The molecule has 0 atom stereocenters. The molecule has 3 aromatic carbocycles. The molecule has 0 fully saturated rings. The first kappa shape index (κ1) is 22.1. The highest BCUT2D eigenvalue weighted by Crippen LogP contribution is 2.35. The van der Waals surface area contributed by atoms with E-state index in [1.54, 1.807) is 0 Å². The maximum atomic E-state index is 11.9. The third-order valence-corrected chi connectivity index (χ3v) is 5.99. The minimum Gasteiger partial charge on any atom is -0.465 e. The number of thiophene rings is 1. The number of amides is 1. The van der Waals surface area contributed by atoms with E-state index in [0.29, 0.717) is 18.1 Å². The predicted octanol–water partition coefficient (Wildman–Crippen LogP) is 6.70. The summed E-state index contributed by atoms with van der Waals surface area (Å²) in [4.78, 5) is 18.6. The van der Waals surface area contributed by atoms with Crippen LogP contribution in [-0.4, -0.2) is 23.6 Å². The Bertz CT molecular complexity index is 1250. The number of rotatable bonds is 7. The molecule has 0 unspecified atom stereocenters. The van der Waals surface area contributed by atoms with Crippen molar-refractivity contribution < 1.29 is 9.90 Å². The van der Waals surface area contributed by atoms with E-state index in [-0.39, 0.29) is 0 Å². The number of hydrogen-bond donors (Lipinski definition) is 3. The standard InChI is InChI=1S/C26H24N4O2S/c1-2-30(26(31)32)23-15-14-21(28-19-7-4-3-5-8-19)17-22(23)18-10-12-20(13-11-18)29-25(27)24-9-6-16-33-24/h3-17,28H,2H2,1H3,(H2,27,29)(H,31,32). The Labute approximate surface area is 196 Å². The molecule has 7 heteroatoms. The Morgan fingerprint density at radius 2 is 1.76 bits per heavy atom. The zero-order chi connectivity index (χ0) is 23.2. The third kappa shape index (κ3) is 5.22. The molecule has 166 valence electrons. The number of para-hydroxylation sites is 1. The average Bonchev–Trinajstić information content (AvgIpc) is 3.37. The number of hydrogen-bond acceptors (Lipinski definition) is 4. The Morgan fingerprint density at radius 1 is 1.00 bits per heavy atom. The lowest BCUT2D eigenvalue weighted by atomic mass is 10.0. The summed E-state index contributed by atoms with van der Waals surface area (Å²) in [5.41, 5.74) is 11.0. The molecule has 0 aliphatic heterocycles. The van der Waals surface area contributed by atoms with Crippen LogP contribution in [0.4, 0.5) is 27.5 Å². The number of anilines is 3. The van der Waals surface area contributed by atoms with Gasteiger partial charge in [0.05, 0.1) is 16.3 Å². The van der Waals surface area contributed by atoms with Gasteiger partial charge in [0.1, 0.15) is 5.84 Å². The summed E-state index contributed by atoms with van der Waals surface area (Å²) in [5, 5.41) is 15.1. The number of nitrogens with one attached hydrogen (secondary N) is 1. The van der Waals surface area contributed by atoms with E-state index < -0.39 is 6.09 Å². The van der Waals surface area contributed by atoms with Crippen molar-refractivity contribution >= 4 is 46.0 Å². The van der Waals surface area contributed by atoms with Crippen LogP contribution >= 0.6 is 11.3 Å². The summed E-state index contributed by atoms with van der Waals surface area (Å²) in [5.74, 6) is 0.468. The van der Waals surface area contributed by atoms with Gasteiger partial charge in [-0.1, -0.05) is 36.4 Å². The van der Waals surface area contributed by atoms with Gasteiger partial charge in [0.2, 0.25) is 0 Å². The molecule has 4 N–H and O–H groups in total. The molecule has 0 saturated heterocycles. The number of amidine groups is 1. The fourth-order valence-corrected chi connectivity index (χ4v) is 4.14. The van der Waals surface area contributed by atoms with Gasteiger partial charge >= 0.3 is 6.09 Å². The van der Waals surface area contributed by atoms with Crippen molar-refractivity contribution in [2.24, 2.45) is 10.7 Å². The van der Waals surface area contributed by atoms with Gasteiger partial charge in [0, 0.05) is 23.5 Å². The molecule has 6 nitrogen and oxygen atoms in total. The van der Waals surface area contributed by atoms with Crippen LogP contribution < -0.4 is 16.0 Å². The van der Waals surface area contributed by atoms with Crippen LogP contribution in [0.1, 0.15) is 11.8 Å². The highest BCUT2D eigenvalue weighted by molar-refractivity contribution is 7.12. The second kappa shape index (κ2) is 10.0. The molecule has 0 radical (unpaired) electrons. The van der Waals surface area contributed by atoms with Crippen LogP contribution in [0.15, 0.2) is 95.3 Å². The Balaban J connectivity index is 1.71. The van der Waals surface area contributed by atoms with Gasteiger partial charge in [-0.05, 0) is 66.4 Å². The lowest BCUT2D eigenvalue weighted by molar-refractivity contribution is 0.202. The number of aliphatic imine (C=N–C) groups is 1. The van der Waals surface area contributed by atoms with Crippen molar-refractivity contribution in [1.82, 2.24) is 0 Å². The number of benzene rings is 3. The monoisotopic (exact) mass is 456 g/mol. The molecule has 1 aromatic heterocycles. The normalized spacial score (nSPS) is 11.2. The fraction of sp³-hybridized carbons (Fsp3) is 0.0769. The van der Waals surface area contributed by atoms with E-state index in [9.17, 15) is 9.90 Å². The predicted molar refractivity (Wildman–Crippen MR) is 137 cm³/mol. The third-order valence-electron chi connectivity index (χ3n) is 5.10. The highest BCUT2D eigenvalue weighted by Gasteiger charge is 2.18. The summed E-state index contributed by atoms with van der Waals surface area (Å²) in [6.45, 7) is 2.16. The minimum atomic E-state index is -0.993. The van der Waals surface area contributed by atoms with E-state index in [0.717, 1.165) is 33.1 Å². The van der Waals surface area contributed by atoms with E-state index in [1.807, 2.05) is 97.2 Å². The van der Waals surface area contributed by atoms with Gasteiger partial charge in [-0.15, -0.1) is 11.3 Å². The van der Waals surface area contributed by atoms with Gasteiger partial charge in [0.25, 0.3) is 0 Å². The highest BCUT2D eigenvalue weighted by atomic mass is 32.1. The quantitative estimate of drug-likeness (QED) is 0.213. The van der Waals surface area contributed by atoms with Crippen LogP contribution in [0.5, 0.6) is 0 Å². The van der Waals surface area contributed by atoms with Crippen molar-refractivity contribution in [2.75, 3.05) is 16.8 Å². The topological polar surface area (TPSA) is 91.0 Å². The number of nitrogens with zero attached hydrogens (tertiary/aromatic N) is 2. The Morgan fingerprint density at radius 3 is 2.39 bits per heavy atom. The van der Waals surface area contributed by atoms with Crippen LogP contribution in [0.2, 0.25) is 0 Å². The zero-order valence-electron chi connectivity index (χ0n) is 18.1. The van der Waals surface area contributed by atoms with Crippen LogP contribution in [-0.2, 0) is 0 Å². The van der Waals surface area contributed by atoms with E-state index in [2.05, 4.69) is 10.3 Å². The SMILES string of the molecule is CCN(C(=O)O)c1ccc(Nc2ccccc2)cc1-c1ccc(N=C(N)c2cccs2)cc1. The van der Waals surface area contributed by atoms with Crippen molar-refractivity contribution in [2.45, 2.75) is 6.92 Å². The van der Waals surface area contributed by atoms with E-state index in [1.165, 1.54) is 16.2 Å². The van der Waals surface area contributed by atoms with Gasteiger partial charge in [-0.2, -0.15) is 0 Å². The van der Waals surface area contributed by atoms with Crippen molar-refractivity contribution in [3.8, 4) is 11.1 Å². The molecule has 1 amide bonds. The summed E-state index contributed by atoms with van der Waals surface area (Å²) >= 11 is 1.54. The van der Waals surface area contributed by atoms with Crippen molar-refractivity contribution in [3.05, 3.63) is 95.2 Å². The molecule has 0 aliphatic rings. The van der Waals surface area contributed by atoms with E-state index >= 15 is 0 Å². The van der Waals surface area contributed by atoms with Gasteiger partial charge in [-0.25, -0.2) is 9.79 Å². The first-order valence-electron chi connectivity index (χ1n) is 10.5. The number of carbonyl (C=O) groups is 1. The maximum Gasteiger partial charge on any atom is 0.411 e. The van der Waals surface area contributed by atoms with Crippen LogP contribution in [0.3, 0.4) is 0 Å². The van der Waals surface area contributed by atoms with Gasteiger partial charge < -0.3 is 16.2 Å². The molecule has 1 heterocycles. The second-order valence-electron chi connectivity index (χ2n) is 7.27. The van der Waals surface area contributed by atoms with Crippen molar-refractivity contribution in [3.63, 3.8) is 0 Å². The van der Waals surface area contributed by atoms with Gasteiger partial charge in [-0.3, -0.25) is 4.90 Å². The maximum absolute atomic E-state index is 11.9. The van der Waals surface area contributed by atoms with Gasteiger partial charge in [0.15, 0.2) is 0 Å². The Kier molecular flexibility index (Phi) is 6.71. The summed E-state index contributed by atoms with van der Waals surface area (Å²) in [6, 6.07) is 27.0. The first-order valence-corrected chi connectivity index (χ1v) is 11.4. The Hall–Kier alpha value is -4.10. The average molecular weight is 457 g/mol. The van der Waals surface area contributed by atoms with Crippen LogP contribution in [0, 0.1) is 0 Å². The lowest BCUT2D eigenvalue weighted by Crippen LogP contribution is -2.29.